The fraction of sp³-hybridized carbons (Fsp3) is 0.727. The third-order valence-electron chi connectivity index (χ3n) is 2.96. The molecule has 3 amide bonds. The first-order valence-electron chi connectivity index (χ1n) is 6.07. The second kappa shape index (κ2) is 8.30. The van der Waals surface area contributed by atoms with Crippen molar-refractivity contribution in [2.45, 2.75) is 38.1 Å². The summed E-state index contributed by atoms with van der Waals surface area (Å²) < 4.78 is 0. The molecular formula is C11H21N3O5. The van der Waals surface area contributed by atoms with Gasteiger partial charge in [-0.15, -0.1) is 0 Å². The minimum absolute atomic E-state index is 0. The van der Waals surface area contributed by atoms with Crippen molar-refractivity contribution < 1.29 is 25.0 Å². The van der Waals surface area contributed by atoms with Gasteiger partial charge in [-0.1, -0.05) is 0 Å². The Balaban J connectivity index is 0.000000324. The van der Waals surface area contributed by atoms with E-state index in [0.29, 0.717) is 12.8 Å². The molecule has 110 valence electrons. The van der Waals surface area contributed by atoms with Crippen LogP contribution in [0.25, 0.3) is 0 Å². The van der Waals surface area contributed by atoms with Crippen LogP contribution in [0.4, 0.5) is 4.79 Å². The summed E-state index contributed by atoms with van der Waals surface area (Å²) in [7, 11) is 0. The number of carboxylic acid groups (broad SMARTS) is 1. The fourth-order valence-corrected chi connectivity index (χ4v) is 1.91. The number of rotatable bonds is 1. The van der Waals surface area contributed by atoms with Crippen LogP contribution in [0.15, 0.2) is 0 Å². The van der Waals surface area contributed by atoms with Gasteiger partial charge in [0, 0.05) is 19.5 Å². The standard InChI is InChI=1S/C6H12N2O.C5H7NO3.H2O/c7-6(9)8-4-2-1-3-5-8;7-4-2-1-3(6-4)5(8)9;/h1-5H2,(H2,7,9);3H,1-2H2,(H,6,7)(H,8,9);1H2/t;3-;/m.1./s1. The van der Waals surface area contributed by atoms with E-state index in [0.717, 1.165) is 25.9 Å². The van der Waals surface area contributed by atoms with E-state index >= 15 is 0 Å². The van der Waals surface area contributed by atoms with Gasteiger partial charge in [-0.05, 0) is 25.7 Å². The molecule has 0 unspecified atom stereocenters. The Morgan fingerprint density at radius 1 is 1.26 bits per heavy atom. The number of primary amides is 1. The van der Waals surface area contributed by atoms with Gasteiger partial charge < -0.3 is 26.5 Å². The van der Waals surface area contributed by atoms with Crippen molar-refractivity contribution in [1.82, 2.24) is 10.2 Å². The van der Waals surface area contributed by atoms with Crippen molar-refractivity contribution in [3.8, 4) is 0 Å². The minimum Gasteiger partial charge on any atom is -0.480 e. The van der Waals surface area contributed by atoms with Crippen molar-refractivity contribution in [1.29, 1.82) is 0 Å². The lowest BCUT2D eigenvalue weighted by atomic mass is 10.1. The average Bonchev–Trinajstić information content (AvgIpc) is 2.78. The van der Waals surface area contributed by atoms with Crippen molar-refractivity contribution in [3.63, 3.8) is 0 Å². The lowest BCUT2D eigenvalue weighted by Crippen LogP contribution is -2.39. The molecule has 2 fully saturated rings. The van der Waals surface area contributed by atoms with Crippen LogP contribution >= 0.6 is 0 Å². The Kier molecular flexibility index (Phi) is 7.50. The maximum atomic E-state index is 10.5. The van der Waals surface area contributed by atoms with Gasteiger partial charge >= 0.3 is 12.0 Å². The summed E-state index contributed by atoms with van der Waals surface area (Å²) in [5.41, 5.74) is 5.05. The molecule has 0 aliphatic carbocycles. The third-order valence-corrected chi connectivity index (χ3v) is 2.96. The second-order valence-electron chi connectivity index (χ2n) is 4.38. The van der Waals surface area contributed by atoms with Crippen LogP contribution in [-0.4, -0.2) is 52.5 Å². The molecule has 0 saturated carbocycles. The van der Waals surface area contributed by atoms with Crippen molar-refractivity contribution in [3.05, 3.63) is 0 Å². The topological polar surface area (TPSA) is 144 Å². The molecule has 0 aromatic rings. The zero-order chi connectivity index (χ0) is 13.5. The highest BCUT2D eigenvalue weighted by Gasteiger charge is 2.26. The number of carbonyl (C=O) groups is 3. The Hall–Kier alpha value is -1.83. The van der Waals surface area contributed by atoms with E-state index in [2.05, 4.69) is 5.32 Å². The number of urea groups is 1. The summed E-state index contributed by atoms with van der Waals surface area (Å²) >= 11 is 0. The Bertz CT molecular complexity index is 328. The van der Waals surface area contributed by atoms with E-state index in [-0.39, 0.29) is 17.4 Å². The molecule has 0 aromatic carbocycles. The lowest BCUT2D eigenvalue weighted by molar-refractivity contribution is -0.140. The van der Waals surface area contributed by atoms with E-state index in [1.807, 2.05) is 0 Å². The molecule has 1 atom stereocenters. The maximum absolute atomic E-state index is 10.5. The average molecular weight is 275 g/mol. The molecule has 2 aliphatic heterocycles. The first kappa shape index (κ1) is 17.2. The molecule has 6 N–H and O–H groups in total. The molecule has 2 aliphatic rings. The van der Waals surface area contributed by atoms with E-state index in [1.165, 1.54) is 6.42 Å². The molecule has 2 heterocycles. The van der Waals surface area contributed by atoms with Gasteiger partial charge in [0.05, 0.1) is 0 Å². The number of amides is 3. The number of carbonyl (C=O) groups excluding carboxylic acids is 2. The molecule has 19 heavy (non-hydrogen) atoms. The summed E-state index contributed by atoms with van der Waals surface area (Å²) in [4.78, 5) is 32.7. The zero-order valence-corrected chi connectivity index (χ0v) is 10.7. The molecule has 0 radical (unpaired) electrons. The lowest BCUT2D eigenvalue weighted by Gasteiger charge is -2.24. The monoisotopic (exact) mass is 275 g/mol. The molecule has 0 spiro atoms. The second-order valence-corrected chi connectivity index (χ2v) is 4.38. The number of nitrogens with zero attached hydrogens (tertiary/aromatic N) is 1. The van der Waals surface area contributed by atoms with Crippen LogP contribution in [-0.2, 0) is 9.59 Å². The van der Waals surface area contributed by atoms with E-state index in [1.54, 1.807) is 4.90 Å². The molecule has 2 saturated heterocycles. The van der Waals surface area contributed by atoms with E-state index in [9.17, 15) is 14.4 Å². The summed E-state index contributed by atoms with van der Waals surface area (Å²) in [6, 6.07) is -0.910. The maximum Gasteiger partial charge on any atom is 0.326 e. The predicted octanol–water partition coefficient (Wildman–Crippen LogP) is -0.924. The van der Waals surface area contributed by atoms with Crippen LogP contribution in [0.1, 0.15) is 32.1 Å². The van der Waals surface area contributed by atoms with Gasteiger partial charge in [-0.25, -0.2) is 9.59 Å². The SMILES string of the molecule is NC(=O)N1CCCCC1.O.O=C1CC[C@H](C(=O)O)N1. The quantitative estimate of drug-likeness (QED) is 0.568. The van der Waals surface area contributed by atoms with Crippen LogP contribution < -0.4 is 11.1 Å². The van der Waals surface area contributed by atoms with Gasteiger partial charge in [-0.3, -0.25) is 4.79 Å². The number of likely N-dealkylation sites (tertiary alicyclic amines) is 1. The van der Waals surface area contributed by atoms with Crippen molar-refractivity contribution >= 4 is 17.9 Å². The zero-order valence-electron chi connectivity index (χ0n) is 10.7. The van der Waals surface area contributed by atoms with Crippen LogP contribution in [0.5, 0.6) is 0 Å². The van der Waals surface area contributed by atoms with E-state index in [4.69, 9.17) is 10.8 Å². The first-order chi connectivity index (χ1) is 8.50. The Labute approximate surface area is 111 Å². The number of carboxylic acids is 1. The molecule has 0 aromatic heterocycles. The van der Waals surface area contributed by atoms with Gasteiger partial charge in [0.25, 0.3) is 0 Å². The highest BCUT2D eigenvalue weighted by atomic mass is 16.4. The fourth-order valence-electron chi connectivity index (χ4n) is 1.91. The predicted molar refractivity (Wildman–Crippen MR) is 67.4 cm³/mol. The van der Waals surface area contributed by atoms with Gasteiger partial charge in [0.2, 0.25) is 5.91 Å². The minimum atomic E-state index is -0.944. The first-order valence-corrected chi connectivity index (χ1v) is 6.07. The van der Waals surface area contributed by atoms with E-state index < -0.39 is 12.0 Å². The number of piperidine rings is 1. The summed E-state index contributed by atoms with van der Waals surface area (Å²) in [5.74, 6) is -1.11. The van der Waals surface area contributed by atoms with Crippen LogP contribution in [0.3, 0.4) is 0 Å². The Morgan fingerprint density at radius 3 is 2.11 bits per heavy atom. The number of aliphatic carboxylic acids is 1. The molecule has 8 heteroatoms. The summed E-state index contributed by atoms with van der Waals surface area (Å²) in [6.45, 7) is 1.71. The number of nitrogens with two attached hydrogens (primary N) is 1. The highest BCUT2D eigenvalue weighted by Crippen LogP contribution is 2.07. The van der Waals surface area contributed by atoms with Gasteiger partial charge in [0.15, 0.2) is 0 Å². The highest BCUT2D eigenvalue weighted by molar-refractivity contribution is 5.87. The molecular weight excluding hydrogens is 254 g/mol. The van der Waals surface area contributed by atoms with Gasteiger partial charge in [-0.2, -0.15) is 0 Å². The van der Waals surface area contributed by atoms with Crippen LogP contribution in [0, 0.1) is 0 Å². The smallest absolute Gasteiger partial charge is 0.326 e. The number of nitrogens with one attached hydrogen (secondary N) is 1. The van der Waals surface area contributed by atoms with Gasteiger partial charge in [0.1, 0.15) is 6.04 Å². The van der Waals surface area contributed by atoms with Crippen molar-refractivity contribution in [2.75, 3.05) is 13.1 Å². The third kappa shape index (κ3) is 6.05. The summed E-state index contributed by atoms with van der Waals surface area (Å²) in [6.07, 6.45) is 4.24. The van der Waals surface area contributed by atoms with Crippen LogP contribution in [0.2, 0.25) is 0 Å². The molecule has 8 nitrogen and oxygen atoms in total. The van der Waals surface area contributed by atoms with Crippen molar-refractivity contribution in [2.24, 2.45) is 5.73 Å². The number of hydrogen-bond donors (Lipinski definition) is 3. The molecule has 0 bridgehead atoms. The molecule has 2 rings (SSSR count). The summed E-state index contributed by atoms with van der Waals surface area (Å²) in [5, 5.41) is 10.6. The number of hydrogen-bond acceptors (Lipinski definition) is 3. The largest absolute Gasteiger partial charge is 0.480 e. The normalized spacial score (nSPS) is 21.6. The Morgan fingerprint density at radius 2 is 1.84 bits per heavy atom.